The molecule has 0 radical (unpaired) electrons. The fraction of sp³-hybridized carbons (Fsp3) is 0.550. The van der Waals surface area contributed by atoms with Crippen molar-refractivity contribution in [2.24, 2.45) is 0 Å². The molecule has 1 fully saturated rings. The largest absolute Gasteiger partial charge is 0.444 e. The first kappa shape index (κ1) is 17.0. The monoisotopic (exact) mass is 331 g/mol. The molecule has 3 rings (SSSR count). The molecule has 2 bridgehead atoms. The van der Waals surface area contributed by atoms with E-state index in [1.165, 1.54) is 11.6 Å². The van der Waals surface area contributed by atoms with Crippen LogP contribution >= 0.6 is 0 Å². The lowest BCUT2D eigenvalue weighted by Crippen LogP contribution is -2.45. The normalized spacial score (nSPS) is 23.2. The lowest BCUT2D eigenvalue weighted by atomic mass is 9.95. The molecule has 0 aliphatic carbocycles. The molecule has 2 atom stereocenters. The first-order valence-electron chi connectivity index (χ1n) is 8.77. The molecule has 130 valence electrons. The molecule has 1 aromatic carbocycles. The summed E-state index contributed by atoms with van der Waals surface area (Å²) in [6, 6.07) is 7.20. The molecule has 0 aromatic heterocycles. The van der Waals surface area contributed by atoms with Crippen molar-refractivity contribution in [3.63, 3.8) is 0 Å². The number of ether oxygens (including phenoxy) is 1. The first-order valence-corrected chi connectivity index (χ1v) is 8.77. The summed E-state index contributed by atoms with van der Waals surface area (Å²) in [5.74, 6) is -0.179. The van der Waals surface area contributed by atoms with Crippen LogP contribution in [0.1, 0.15) is 52.0 Å². The van der Waals surface area contributed by atoms with Crippen molar-refractivity contribution < 1.29 is 13.9 Å². The maximum absolute atomic E-state index is 13.3. The van der Waals surface area contributed by atoms with E-state index in [4.69, 9.17) is 4.74 Å². The van der Waals surface area contributed by atoms with Crippen LogP contribution in [0.25, 0.3) is 0 Å². The van der Waals surface area contributed by atoms with Crippen molar-refractivity contribution in [1.29, 1.82) is 0 Å². The summed E-state index contributed by atoms with van der Waals surface area (Å²) < 4.78 is 18.8. The zero-order valence-electron chi connectivity index (χ0n) is 14.7. The van der Waals surface area contributed by atoms with Crippen LogP contribution in [-0.4, -0.2) is 28.7 Å². The van der Waals surface area contributed by atoms with Gasteiger partial charge in [-0.15, -0.1) is 0 Å². The van der Waals surface area contributed by atoms with Crippen LogP contribution in [0.15, 0.2) is 35.9 Å². The zero-order chi connectivity index (χ0) is 17.3. The second kappa shape index (κ2) is 6.58. The van der Waals surface area contributed by atoms with E-state index in [-0.39, 0.29) is 24.0 Å². The van der Waals surface area contributed by atoms with Gasteiger partial charge in [0.1, 0.15) is 11.4 Å². The second-order valence-corrected chi connectivity index (χ2v) is 7.85. The number of nitrogens with zero attached hydrogens (tertiary/aromatic N) is 1. The predicted molar refractivity (Wildman–Crippen MR) is 92.3 cm³/mol. The number of fused-ring (bicyclic) bond motifs is 2. The summed E-state index contributed by atoms with van der Waals surface area (Å²) in [7, 11) is 0. The highest BCUT2D eigenvalue weighted by molar-refractivity contribution is 5.70. The topological polar surface area (TPSA) is 29.5 Å². The van der Waals surface area contributed by atoms with Crippen LogP contribution in [0.2, 0.25) is 0 Å². The highest BCUT2D eigenvalue weighted by atomic mass is 19.1. The number of rotatable bonds is 3. The Morgan fingerprint density at radius 3 is 2.75 bits per heavy atom. The molecule has 0 N–H and O–H groups in total. The molecule has 3 nitrogen and oxygen atoms in total. The summed E-state index contributed by atoms with van der Waals surface area (Å²) in [6.45, 7) is 5.70. The average Bonchev–Trinajstić information content (AvgIpc) is 2.75. The summed E-state index contributed by atoms with van der Waals surface area (Å²) in [6.07, 6.45) is 6.75. The van der Waals surface area contributed by atoms with Crippen LogP contribution in [0.5, 0.6) is 0 Å². The van der Waals surface area contributed by atoms with Gasteiger partial charge in [-0.1, -0.05) is 23.8 Å². The number of carbonyl (C=O) groups is 1. The predicted octanol–water partition coefficient (Wildman–Crippen LogP) is 4.86. The van der Waals surface area contributed by atoms with Crippen molar-refractivity contribution in [2.75, 3.05) is 0 Å². The minimum atomic E-state index is -0.460. The smallest absolute Gasteiger partial charge is 0.411 e. The Hall–Kier alpha value is -1.84. The van der Waals surface area contributed by atoms with Gasteiger partial charge in [-0.05, 0) is 70.6 Å². The van der Waals surface area contributed by atoms with Crippen LogP contribution in [0, 0.1) is 5.82 Å². The number of halogens is 1. The van der Waals surface area contributed by atoms with Gasteiger partial charge in [0.2, 0.25) is 0 Å². The molecule has 2 heterocycles. The molecule has 24 heavy (non-hydrogen) atoms. The molecule has 4 heteroatoms. The van der Waals surface area contributed by atoms with Gasteiger partial charge in [0.15, 0.2) is 0 Å². The number of benzene rings is 1. The molecule has 1 amide bonds. The van der Waals surface area contributed by atoms with Crippen molar-refractivity contribution >= 4 is 6.09 Å². The molecule has 0 saturated carbocycles. The summed E-state index contributed by atoms with van der Waals surface area (Å²) in [5.41, 5.74) is 1.95. The van der Waals surface area contributed by atoms with Crippen molar-refractivity contribution in [3.8, 4) is 0 Å². The highest BCUT2D eigenvalue weighted by Crippen LogP contribution is 2.37. The van der Waals surface area contributed by atoms with Gasteiger partial charge in [0, 0.05) is 6.04 Å². The average molecular weight is 331 g/mol. The van der Waals surface area contributed by atoms with Crippen LogP contribution in [0.3, 0.4) is 0 Å². The third-order valence-corrected chi connectivity index (χ3v) is 4.70. The maximum atomic E-state index is 13.3. The number of hydrogen-bond acceptors (Lipinski definition) is 2. The van der Waals surface area contributed by atoms with E-state index in [0.29, 0.717) is 0 Å². The number of hydrogen-bond donors (Lipinski definition) is 0. The molecule has 1 saturated heterocycles. The first-order chi connectivity index (χ1) is 11.3. The van der Waals surface area contributed by atoms with E-state index in [0.717, 1.165) is 37.7 Å². The van der Waals surface area contributed by atoms with Crippen LogP contribution in [-0.2, 0) is 11.2 Å². The van der Waals surface area contributed by atoms with Gasteiger partial charge in [-0.25, -0.2) is 9.18 Å². The van der Waals surface area contributed by atoms with E-state index in [2.05, 4.69) is 6.08 Å². The lowest BCUT2D eigenvalue weighted by Gasteiger charge is -2.35. The third-order valence-electron chi connectivity index (χ3n) is 4.70. The van der Waals surface area contributed by atoms with Crippen molar-refractivity contribution in [3.05, 3.63) is 47.3 Å². The number of amides is 1. The molecule has 2 aliphatic heterocycles. The number of aryl methyl sites for hydroxylation is 1. The van der Waals surface area contributed by atoms with Gasteiger partial charge in [0.25, 0.3) is 0 Å². The summed E-state index contributed by atoms with van der Waals surface area (Å²) in [4.78, 5) is 14.3. The fourth-order valence-electron chi connectivity index (χ4n) is 3.70. The van der Waals surface area contributed by atoms with Gasteiger partial charge in [0.05, 0.1) is 6.04 Å². The quantitative estimate of drug-likeness (QED) is 0.741. The van der Waals surface area contributed by atoms with E-state index in [1.807, 2.05) is 31.7 Å². The Morgan fingerprint density at radius 1 is 1.29 bits per heavy atom. The maximum Gasteiger partial charge on any atom is 0.411 e. The van der Waals surface area contributed by atoms with Gasteiger partial charge >= 0.3 is 6.09 Å². The highest BCUT2D eigenvalue weighted by Gasteiger charge is 2.41. The van der Waals surface area contributed by atoms with Crippen LogP contribution < -0.4 is 0 Å². The van der Waals surface area contributed by atoms with E-state index in [9.17, 15) is 9.18 Å². The Kier molecular flexibility index (Phi) is 4.66. The standard InChI is InChI=1S/C20H26FNO2/c1-20(2,3)24-19(23)22-17-9-10-18(22)13-15(12-17)8-7-14-5-4-6-16(21)11-14/h4-6,11-12,17-18H,7-10,13H2,1-3H3. The van der Waals surface area contributed by atoms with E-state index < -0.39 is 5.60 Å². The molecule has 2 unspecified atom stereocenters. The Balaban J connectivity index is 1.63. The second-order valence-electron chi connectivity index (χ2n) is 7.85. The summed E-state index contributed by atoms with van der Waals surface area (Å²) >= 11 is 0. The molecule has 1 aromatic rings. The molecular formula is C20H26FNO2. The molecular weight excluding hydrogens is 305 g/mol. The molecule has 0 spiro atoms. The fourth-order valence-corrected chi connectivity index (χ4v) is 3.70. The Morgan fingerprint density at radius 2 is 2.08 bits per heavy atom. The lowest BCUT2D eigenvalue weighted by molar-refractivity contribution is 0.0166. The van der Waals surface area contributed by atoms with E-state index in [1.54, 1.807) is 12.1 Å². The third kappa shape index (κ3) is 3.97. The Bertz CT molecular complexity index is 647. The van der Waals surface area contributed by atoms with E-state index >= 15 is 0 Å². The minimum absolute atomic E-state index is 0.154. The molecule has 2 aliphatic rings. The Labute approximate surface area is 143 Å². The van der Waals surface area contributed by atoms with Crippen LogP contribution in [0.4, 0.5) is 9.18 Å². The minimum Gasteiger partial charge on any atom is -0.444 e. The van der Waals surface area contributed by atoms with Crippen molar-refractivity contribution in [1.82, 2.24) is 4.90 Å². The van der Waals surface area contributed by atoms with Crippen molar-refractivity contribution in [2.45, 2.75) is 70.6 Å². The zero-order valence-corrected chi connectivity index (χ0v) is 14.7. The number of carbonyl (C=O) groups excluding carboxylic acids is 1. The summed E-state index contributed by atoms with van der Waals surface area (Å²) in [5, 5.41) is 0. The van der Waals surface area contributed by atoms with Gasteiger partial charge in [-0.2, -0.15) is 0 Å². The van der Waals surface area contributed by atoms with Gasteiger partial charge < -0.3 is 4.74 Å². The SMILES string of the molecule is CC(C)(C)OC(=O)N1C2C=C(CCc3cccc(F)c3)CC1CC2. The van der Waals surface area contributed by atoms with Gasteiger partial charge in [-0.3, -0.25) is 4.90 Å².